The zero-order chi connectivity index (χ0) is 28.6. The SMILES string of the molecule is CN(C)C/C=C/C(=O)CC1CCC(NC(=O)Cc2cccc(Nc3cc(-c4cnc5[nH]ccc5c4)ncn3)c2)CC1. The van der Waals surface area contributed by atoms with Crippen LogP contribution in [0.15, 0.2) is 73.3 Å². The molecule has 1 aliphatic rings. The van der Waals surface area contributed by atoms with Gasteiger partial charge in [0.1, 0.15) is 17.8 Å². The monoisotopic (exact) mass is 551 g/mol. The normalized spacial score (nSPS) is 17.2. The highest BCUT2D eigenvalue weighted by Crippen LogP contribution is 2.28. The molecule has 5 rings (SSSR count). The van der Waals surface area contributed by atoms with Gasteiger partial charge in [-0.3, -0.25) is 9.59 Å². The van der Waals surface area contributed by atoms with Gasteiger partial charge in [0.2, 0.25) is 5.91 Å². The summed E-state index contributed by atoms with van der Waals surface area (Å²) in [7, 11) is 3.97. The first-order valence-corrected chi connectivity index (χ1v) is 14.2. The van der Waals surface area contributed by atoms with Gasteiger partial charge in [0.25, 0.3) is 0 Å². The van der Waals surface area contributed by atoms with Crippen LogP contribution >= 0.6 is 0 Å². The number of fused-ring (bicyclic) bond motifs is 1. The summed E-state index contributed by atoms with van der Waals surface area (Å²) in [6.45, 7) is 0.773. The lowest BCUT2D eigenvalue weighted by Crippen LogP contribution is -2.38. The number of nitrogens with zero attached hydrogens (tertiary/aromatic N) is 4. The Balaban J connectivity index is 1.11. The van der Waals surface area contributed by atoms with Gasteiger partial charge in [-0.05, 0) is 81.6 Å². The van der Waals surface area contributed by atoms with Crippen LogP contribution < -0.4 is 10.6 Å². The van der Waals surface area contributed by atoms with Gasteiger partial charge in [0, 0.05) is 54.1 Å². The van der Waals surface area contributed by atoms with E-state index in [1.165, 1.54) is 6.33 Å². The van der Waals surface area contributed by atoms with Crippen molar-refractivity contribution in [1.29, 1.82) is 0 Å². The third-order valence-electron chi connectivity index (χ3n) is 7.40. The summed E-state index contributed by atoms with van der Waals surface area (Å²) in [5, 5.41) is 7.56. The number of allylic oxidation sites excluding steroid dienone is 1. The molecule has 1 saturated carbocycles. The van der Waals surface area contributed by atoms with Gasteiger partial charge in [-0.25, -0.2) is 15.0 Å². The maximum Gasteiger partial charge on any atom is 0.224 e. The molecule has 0 aliphatic heterocycles. The summed E-state index contributed by atoms with van der Waals surface area (Å²) in [4.78, 5) is 43.4. The second-order valence-corrected chi connectivity index (χ2v) is 11.1. The fourth-order valence-electron chi connectivity index (χ4n) is 5.29. The van der Waals surface area contributed by atoms with Gasteiger partial charge in [-0.2, -0.15) is 0 Å². The number of hydrogen-bond donors (Lipinski definition) is 3. The molecule has 0 unspecified atom stereocenters. The summed E-state index contributed by atoms with van der Waals surface area (Å²) < 4.78 is 0. The topological polar surface area (TPSA) is 116 Å². The lowest BCUT2D eigenvalue weighted by molar-refractivity contribution is -0.121. The number of carbonyl (C=O) groups excluding carboxylic acids is 2. The predicted octanol–water partition coefficient (Wildman–Crippen LogP) is 5.06. The molecule has 41 heavy (non-hydrogen) atoms. The minimum atomic E-state index is 0.0188. The molecule has 0 radical (unpaired) electrons. The first kappa shape index (κ1) is 28.2. The average molecular weight is 552 g/mol. The molecule has 3 N–H and O–H groups in total. The van der Waals surface area contributed by atoms with Gasteiger partial charge < -0.3 is 20.5 Å². The van der Waals surface area contributed by atoms with E-state index in [1.54, 1.807) is 12.3 Å². The van der Waals surface area contributed by atoms with Gasteiger partial charge in [-0.15, -0.1) is 0 Å². The largest absolute Gasteiger partial charge is 0.353 e. The van der Waals surface area contributed by atoms with Crippen molar-refractivity contribution < 1.29 is 9.59 Å². The minimum Gasteiger partial charge on any atom is -0.353 e. The van der Waals surface area contributed by atoms with E-state index >= 15 is 0 Å². The molecule has 0 atom stereocenters. The molecule has 9 heteroatoms. The Bertz CT molecular complexity index is 1520. The van der Waals surface area contributed by atoms with E-state index in [4.69, 9.17) is 0 Å². The molecule has 3 aromatic heterocycles. The number of hydrogen-bond acceptors (Lipinski definition) is 7. The molecule has 0 saturated heterocycles. The highest BCUT2D eigenvalue weighted by Gasteiger charge is 2.23. The number of ketones is 1. The maximum atomic E-state index is 12.8. The molecule has 1 aliphatic carbocycles. The number of amides is 1. The van der Waals surface area contributed by atoms with E-state index in [0.29, 0.717) is 24.6 Å². The average Bonchev–Trinajstić information content (AvgIpc) is 3.42. The Morgan fingerprint density at radius 1 is 1.05 bits per heavy atom. The van der Waals surface area contributed by atoms with Gasteiger partial charge >= 0.3 is 0 Å². The molecule has 1 amide bonds. The van der Waals surface area contributed by atoms with Crippen LogP contribution in [0, 0.1) is 5.92 Å². The number of likely N-dealkylation sites (N-methyl/N-ethyl adjacent to an activating group) is 1. The van der Waals surface area contributed by atoms with Gasteiger partial charge in [-0.1, -0.05) is 18.2 Å². The molecule has 212 valence electrons. The Morgan fingerprint density at radius 3 is 2.73 bits per heavy atom. The number of benzene rings is 1. The van der Waals surface area contributed by atoms with Crippen molar-refractivity contribution in [1.82, 2.24) is 30.2 Å². The van der Waals surface area contributed by atoms with Crippen LogP contribution in [0.2, 0.25) is 0 Å². The third-order valence-corrected chi connectivity index (χ3v) is 7.40. The van der Waals surface area contributed by atoms with Crippen LogP contribution in [0.25, 0.3) is 22.3 Å². The second-order valence-electron chi connectivity index (χ2n) is 11.1. The van der Waals surface area contributed by atoms with Crippen LogP contribution in [0.3, 0.4) is 0 Å². The zero-order valence-corrected chi connectivity index (χ0v) is 23.6. The molecule has 9 nitrogen and oxygen atoms in total. The number of rotatable bonds is 11. The minimum absolute atomic E-state index is 0.0188. The lowest BCUT2D eigenvalue weighted by atomic mass is 9.83. The number of anilines is 2. The Morgan fingerprint density at radius 2 is 1.90 bits per heavy atom. The predicted molar refractivity (Wildman–Crippen MR) is 162 cm³/mol. The molecule has 0 bridgehead atoms. The summed E-state index contributed by atoms with van der Waals surface area (Å²) in [5.41, 5.74) is 4.29. The second kappa shape index (κ2) is 13.3. The first-order chi connectivity index (χ1) is 19.9. The first-order valence-electron chi connectivity index (χ1n) is 14.2. The fourth-order valence-corrected chi connectivity index (χ4v) is 5.29. The highest BCUT2D eigenvalue weighted by molar-refractivity contribution is 5.89. The molecule has 0 spiro atoms. The van der Waals surface area contributed by atoms with Crippen molar-refractivity contribution in [3.05, 3.63) is 78.9 Å². The van der Waals surface area contributed by atoms with Crippen LogP contribution in [0.1, 0.15) is 37.7 Å². The maximum absolute atomic E-state index is 12.8. The van der Waals surface area contributed by atoms with E-state index < -0.39 is 0 Å². The summed E-state index contributed by atoms with van der Waals surface area (Å²) in [6, 6.07) is 13.9. The van der Waals surface area contributed by atoms with Crippen LogP contribution in [-0.4, -0.2) is 63.2 Å². The van der Waals surface area contributed by atoms with Crippen molar-refractivity contribution in [2.45, 2.75) is 44.6 Å². The van der Waals surface area contributed by atoms with E-state index in [9.17, 15) is 9.59 Å². The zero-order valence-electron chi connectivity index (χ0n) is 23.6. The number of aromatic nitrogens is 4. The Labute approximate surface area is 240 Å². The van der Waals surface area contributed by atoms with Gasteiger partial charge in [0.05, 0.1) is 12.1 Å². The van der Waals surface area contributed by atoms with E-state index in [0.717, 1.165) is 65.8 Å². The highest BCUT2D eigenvalue weighted by atomic mass is 16.1. The quantitative estimate of drug-likeness (QED) is 0.223. The van der Waals surface area contributed by atoms with Crippen LogP contribution in [0.4, 0.5) is 11.5 Å². The summed E-state index contributed by atoms with van der Waals surface area (Å²) in [5.74, 6) is 1.28. The molecule has 4 aromatic rings. The molecule has 3 heterocycles. The molecule has 1 aromatic carbocycles. The van der Waals surface area contributed by atoms with E-state index in [-0.39, 0.29) is 17.7 Å². The number of aromatic amines is 1. The van der Waals surface area contributed by atoms with Crippen molar-refractivity contribution in [2.24, 2.45) is 5.92 Å². The molecular formula is C32H37N7O2. The van der Waals surface area contributed by atoms with E-state index in [2.05, 4.69) is 30.6 Å². The number of nitrogens with one attached hydrogen (secondary N) is 3. The van der Waals surface area contributed by atoms with Crippen molar-refractivity contribution in [3.63, 3.8) is 0 Å². The lowest BCUT2D eigenvalue weighted by Gasteiger charge is -2.28. The molecular weight excluding hydrogens is 514 g/mol. The number of carbonyl (C=O) groups is 2. The van der Waals surface area contributed by atoms with Crippen LogP contribution in [0.5, 0.6) is 0 Å². The standard InChI is InChI=1S/C32H37N7O2/c1-39(2)14-4-7-28(40)16-22-8-10-26(11-9-22)38-31(41)17-23-5-3-6-27(15-23)37-30-19-29(35-21-36-30)25-18-24-12-13-33-32(24)34-20-25/h3-7,12-13,15,18-22,26H,8-11,14,16-17H2,1-2H3,(H,33,34)(H,38,41)(H,35,36,37)/b7-4+. The Kier molecular flexibility index (Phi) is 9.15. The van der Waals surface area contributed by atoms with Crippen molar-refractivity contribution in [3.8, 4) is 11.3 Å². The summed E-state index contributed by atoms with van der Waals surface area (Å²) in [6.07, 6.45) is 13.5. The van der Waals surface area contributed by atoms with Crippen molar-refractivity contribution >= 4 is 34.2 Å². The van der Waals surface area contributed by atoms with E-state index in [1.807, 2.05) is 73.7 Å². The number of H-pyrrole nitrogens is 1. The smallest absolute Gasteiger partial charge is 0.224 e. The molecule has 1 fully saturated rings. The van der Waals surface area contributed by atoms with Gasteiger partial charge in [0.15, 0.2) is 5.78 Å². The number of pyridine rings is 1. The third kappa shape index (κ3) is 8.08. The van der Waals surface area contributed by atoms with Crippen LogP contribution in [-0.2, 0) is 16.0 Å². The summed E-state index contributed by atoms with van der Waals surface area (Å²) >= 11 is 0. The Hall–Kier alpha value is -4.37. The van der Waals surface area contributed by atoms with Crippen molar-refractivity contribution in [2.75, 3.05) is 26.0 Å². The fraction of sp³-hybridized carbons (Fsp3) is 0.344.